The molecule has 0 bridgehead atoms. The molecule has 1 aromatic rings. The molecule has 0 aromatic heterocycles. The second kappa shape index (κ2) is 6.87. The fourth-order valence-electron chi connectivity index (χ4n) is 2.68. The quantitative estimate of drug-likeness (QED) is 0.864. The van der Waals surface area contributed by atoms with Crippen molar-refractivity contribution in [2.24, 2.45) is 11.7 Å². The van der Waals surface area contributed by atoms with E-state index < -0.39 is 10.0 Å². The number of hydrogen-bond donors (Lipinski definition) is 2. The van der Waals surface area contributed by atoms with Gasteiger partial charge in [0.15, 0.2) is 0 Å². The van der Waals surface area contributed by atoms with Gasteiger partial charge in [-0.1, -0.05) is 12.1 Å². The van der Waals surface area contributed by atoms with E-state index in [0.717, 1.165) is 24.0 Å². The number of nitrogens with one attached hydrogen (secondary N) is 1. The molecule has 0 radical (unpaired) electrons. The van der Waals surface area contributed by atoms with Gasteiger partial charge in [0.2, 0.25) is 10.0 Å². The van der Waals surface area contributed by atoms with E-state index >= 15 is 0 Å². The Morgan fingerprint density at radius 2 is 2.05 bits per heavy atom. The van der Waals surface area contributed by atoms with E-state index in [2.05, 4.69) is 4.72 Å². The third kappa shape index (κ3) is 4.03. The highest BCUT2D eigenvalue weighted by atomic mass is 32.2. The summed E-state index contributed by atoms with van der Waals surface area (Å²) >= 11 is 0. The Bertz CT molecular complexity index is 581. The number of nitrogens with two attached hydrogens (primary N) is 1. The predicted octanol–water partition coefficient (Wildman–Crippen LogP) is 1.55. The molecule has 1 fully saturated rings. The van der Waals surface area contributed by atoms with Crippen molar-refractivity contribution in [1.29, 1.82) is 0 Å². The third-order valence-corrected chi connectivity index (χ3v) is 5.79. The summed E-state index contributed by atoms with van der Waals surface area (Å²) in [4.78, 5) is 0.323. The summed E-state index contributed by atoms with van der Waals surface area (Å²) in [7, 11) is -3.52. The number of aryl methyl sites for hydroxylation is 1. The predicted molar refractivity (Wildman–Crippen MR) is 82.4 cm³/mol. The average Bonchev–Trinajstić information content (AvgIpc) is 2.48. The molecule has 2 rings (SSSR count). The highest BCUT2D eigenvalue weighted by molar-refractivity contribution is 7.89. The van der Waals surface area contributed by atoms with Crippen LogP contribution in [0, 0.1) is 12.8 Å². The maximum absolute atomic E-state index is 12.6. The minimum atomic E-state index is -3.52. The molecule has 1 heterocycles. The second-order valence-corrected chi connectivity index (χ2v) is 7.35. The molecule has 0 amide bonds. The van der Waals surface area contributed by atoms with E-state index in [9.17, 15) is 8.42 Å². The molecule has 1 aliphatic heterocycles. The molecule has 0 saturated carbocycles. The average molecular weight is 312 g/mol. The highest BCUT2D eigenvalue weighted by Gasteiger charge is 2.26. The van der Waals surface area contributed by atoms with Crippen LogP contribution in [0.2, 0.25) is 0 Å². The Morgan fingerprint density at radius 3 is 2.67 bits per heavy atom. The lowest BCUT2D eigenvalue weighted by Gasteiger charge is -2.28. The standard InChI is InChI=1S/C15H24N2O3S/c1-11-3-4-13(10-16)9-15(11)21(18,19)17-12(2)14-5-7-20-8-6-14/h3-4,9,12,14,17H,5-8,10,16H2,1-2H3. The Kier molecular flexibility index (Phi) is 5.37. The van der Waals surface area contributed by atoms with E-state index in [0.29, 0.717) is 30.6 Å². The first-order valence-electron chi connectivity index (χ1n) is 7.33. The zero-order valence-corrected chi connectivity index (χ0v) is 13.4. The van der Waals surface area contributed by atoms with Crippen molar-refractivity contribution in [3.05, 3.63) is 29.3 Å². The van der Waals surface area contributed by atoms with Crippen LogP contribution < -0.4 is 10.5 Å². The van der Waals surface area contributed by atoms with Crippen molar-refractivity contribution in [1.82, 2.24) is 4.72 Å². The van der Waals surface area contributed by atoms with Crippen molar-refractivity contribution in [2.75, 3.05) is 13.2 Å². The van der Waals surface area contributed by atoms with Gasteiger partial charge in [-0.3, -0.25) is 0 Å². The minimum absolute atomic E-state index is 0.0974. The van der Waals surface area contributed by atoms with Crippen molar-refractivity contribution in [3.63, 3.8) is 0 Å². The van der Waals surface area contributed by atoms with Crippen LogP contribution in [0.1, 0.15) is 30.9 Å². The van der Waals surface area contributed by atoms with E-state index in [-0.39, 0.29) is 6.04 Å². The molecule has 21 heavy (non-hydrogen) atoms. The van der Waals surface area contributed by atoms with Gasteiger partial charge in [0.05, 0.1) is 4.90 Å². The molecule has 1 aliphatic rings. The molecule has 6 heteroatoms. The Hall–Kier alpha value is -0.950. The number of sulfonamides is 1. The summed E-state index contributed by atoms with van der Waals surface area (Å²) < 4.78 is 33.3. The lowest BCUT2D eigenvalue weighted by molar-refractivity contribution is 0.0585. The molecular formula is C15H24N2O3S. The first kappa shape index (κ1) is 16.4. The smallest absolute Gasteiger partial charge is 0.241 e. The first-order valence-corrected chi connectivity index (χ1v) is 8.82. The van der Waals surface area contributed by atoms with Crippen LogP contribution in [-0.4, -0.2) is 27.7 Å². The minimum Gasteiger partial charge on any atom is -0.381 e. The van der Waals surface area contributed by atoms with Gasteiger partial charge in [0.25, 0.3) is 0 Å². The molecule has 1 atom stereocenters. The lowest BCUT2D eigenvalue weighted by atomic mass is 9.94. The first-order chi connectivity index (χ1) is 9.94. The van der Waals surface area contributed by atoms with Crippen LogP contribution in [0.25, 0.3) is 0 Å². The van der Waals surface area contributed by atoms with Gasteiger partial charge in [-0.05, 0) is 49.8 Å². The molecule has 1 saturated heterocycles. The molecular weight excluding hydrogens is 288 g/mol. The molecule has 3 N–H and O–H groups in total. The van der Waals surface area contributed by atoms with Gasteiger partial charge in [-0.15, -0.1) is 0 Å². The zero-order valence-electron chi connectivity index (χ0n) is 12.6. The monoisotopic (exact) mass is 312 g/mol. The third-order valence-electron chi connectivity index (χ3n) is 4.09. The van der Waals surface area contributed by atoms with E-state index in [1.165, 1.54) is 0 Å². The molecule has 1 aromatic carbocycles. The van der Waals surface area contributed by atoms with Crippen molar-refractivity contribution < 1.29 is 13.2 Å². The number of rotatable bonds is 5. The summed E-state index contributed by atoms with van der Waals surface area (Å²) in [6.45, 7) is 5.47. The fourth-order valence-corrected chi connectivity index (χ4v) is 4.29. The summed E-state index contributed by atoms with van der Waals surface area (Å²) in [5.41, 5.74) is 7.16. The molecule has 0 aliphatic carbocycles. The summed E-state index contributed by atoms with van der Waals surface area (Å²) in [6.07, 6.45) is 1.79. The van der Waals surface area contributed by atoms with E-state index in [1.807, 2.05) is 13.0 Å². The van der Waals surface area contributed by atoms with Crippen LogP contribution in [0.4, 0.5) is 0 Å². The molecule has 5 nitrogen and oxygen atoms in total. The Balaban J connectivity index is 2.17. The highest BCUT2D eigenvalue weighted by Crippen LogP contribution is 2.22. The summed E-state index contributed by atoms with van der Waals surface area (Å²) in [5, 5.41) is 0. The lowest BCUT2D eigenvalue weighted by Crippen LogP contribution is -2.40. The van der Waals surface area contributed by atoms with Crippen molar-refractivity contribution in [2.45, 2.75) is 44.2 Å². The number of ether oxygens (including phenoxy) is 1. The largest absolute Gasteiger partial charge is 0.381 e. The van der Waals surface area contributed by atoms with Crippen LogP contribution in [0.3, 0.4) is 0 Å². The van der Waals surface area contributed by atoms with Crippen LogP contribution in [-0.2, 0) is 21.3 Å². The van der Waals surface area contributed by atoms with Gasteiger partial charge < -0.3 is 10.5 Å². The summed E-state index contributed by atoms with van der Waals surface area (Å²) in [5.74, 6) is 0.325. The van der Waals surface area contributed by atoms with Gasteiger partial charge >= 0.3 is 0 Å². The number of benzene rings is 1. The van der Waals surface area contributed by atoms with Gasteiger partial charge in [0.1, 0.15) is 0 Å². The number of hydrogen-bond acceptors (Lipinski definition) is 4. The van der Waals surface area contributed by atoms with E-state index in [4.69, 9.17) is 10.5 Å². The fraction of sp³-hybridized carbons (Fsp3) is 0.600. The van der Waals surface area contributed by atoms with Crippen LogP contribution in [0.5, 0.6) is 0 Å². The normalized spacial score (nSPS) is 18.6. The van der Waals surface area contributed by atoms with Gasteiger partial charge in [0, 0.05) is 25.8 Å². The maximum Gasteiger partial charge on any atom is 0.241 e. The van der Waals surface area contributed by atoms with Crippen LogP contribution in [0.15, 0.2) is 23.1 Å². The van der Waals surface area contributed by atoms with Crippen molar-refractivity contribution >= 4 is 10.0 Å². The van der Waals surface area contributed by atoms with E-state index in [1.54, 1.807) is 19.1 Å². The molecule has 0 spiro atoms. The maximum atomic E-state index is 12.6. The van der Waals surface area contributed by atoms with Crippen molar-refractivity contribution in [3.8, 4) is 0 Å². The Labute approximate surface area is 126 Å². The topological polar surface area (TPSA) is 81.4 Å². The van der Waals surface area contributed by atoms with Gasteiger partial charge in [-0.25, -0.2) is 13.1 Å². The zero-order chi connectivity index (χ0) is 15.5. The SMILES string of the molecule is Cc1ccc(CN)cc1S(=O)(=O)NC(C)C1CCOCC1. The second-order valence-electron chi connectivity index (χ2n) is 5.66. The Morgan fingerprint density at radius 1 is 1.38 bits per heavy atom. The molecule has 1 unspecified atom stereocenters. The molecule has 118 valence electrons. The summed E-state index contributed by atoms with van der Waals surface area (Å²) in [6, 6.07) is 5.22. The van der Waals surface area contributed by atoms with Crippen LogP contribution >= 0.6 is 0 Å². The van der Waals surface area contributed by atoms with Gasteiger partial charge in [-0.2, -0.15) is 0 Å².